The summed E-state index contributed by atoms with van der Waals surface area (Å²) in [6, 6.07) is 14.1. The lowest BCUT2D eigenvalue weighted by Crippen LogP contribution is -2.23. The number of benzene rings is 3. The molecule has 0 fully saturated rings. The first-order valence-corrected chi connectivity index (χ1v) is 12.3. The van der Waals surface area contributed by atoms with Crippen molar-refractivity contribution < 1.29 is 37.3 Å². The van der Waals surface area contributed by atoms with Crippen molar-refractivity contribution in [2.75, 3.05) is 21.3 Å². The van der Waals surface area contributed by atoms with Crippen LogP contribution in [0.3, 0.4) is 0 Å². The van der Waals surface area contributed by atoms with Gasteiger partial charge in [0.2, 0.25) is 5.75 Å². The number of ether oxygens (including phenoxy) is 4. The number of Topliss-reactive ketones (excluding diaryl/α,β-unsaturated/α-hetero) is 1. The fraction of sp³-hybridized carbons (Fsp3) is 0.290. The summed E-state index contributed by atoms with van der Waals surface area (Å²) in [5, 5.41) is 0. The Morgan fingerprint density at radius 3 is 2.08 bits per heavy atom. The van der Waals surface area contributed by atoms with Crippen LogP contribution in [0.5, 0.6) is 17.2 Å². The van der Waals surface area contributed by atoms with Gasteiger partial charge in [0.25, 0.3) is 0 Å². The summed E-state index contributed by atoms with van der Waals surface area (Å²) < 4.78 is 50.8. The first-order valence-electron chi connectivity index (χ1n) is 12.3. The topological polar surface area (TPSA) is 71.1 Å². The van der Waals surface area contributed by atoms with Gasteiger partial charge >= 0.3 is 5.97 Å². The van der Waals surface area contributed by atoms with Gasteiger partial charge in [-0.05, 0) is 56.2 Å². The molecule has 0 aliphatic rings. The molecule has 206 valence electrons. The minimum atomic E-state index is -0.980. The zero-order valence-corrected chi connectivity index (χ0v) is 22.9. The third-order valence-electron chi connectivity index (χ3n) is 5.75. The minimum Gasteiger partial charge on any atom is -0.493 e. The predicted molar refractivity (Wildman–Crippen MR) is 144 cm³/mol. The first kappa shape index (κ1) is 29.4. The van der Waals surface area contributed by atoms with Crippen LogP contribution in [-0.4, -0.2) is 38.7 Å². The highest BCUT2D eigenvalue weighted by atomic mass is 19.1. The number of methoxy groups -OCH3 is 3. The molecule has 6 nitrogen and oxygen atoms in total. The highest BCUT2D eigenvalue weighted by molar-refractivity contribution is 6.09. The van der Waals surface area contributed by atoms with Gasteiger partial charge in [-0.1, -0.05) is 36.4 Å². The van der Waals surface area contributed by atoms with E-state index in [1.807, 2.05) is 18.2 Å². The largest absolute Gasteiger partial charge is 0.493 e. The van der Waals surface area contributed by atoms with Gasteiger partial charge in [-0.3, -0.25) is 9.59 Å². The maximum Gasteiger partial charge on any atom is 0.310 e. The standard InChI is InChI=1S/C31H32F2O6/c1-31(2,3)39-26(34)16-13-21(28(35)27-23(32)11-8-12-24(27)33)18-19-9-7-10-20(17-19)22-14-15-25(36-4)30(38-6)29(22)37-5/h7-15,17H,16,18H2,1-6H3/b21-13-. The van der Waals surface area contributed by atoms with Gasteiger partial charge in [0.15, 0.2) is 17.3 Å². The molecule has 8 heteroatoms. The van der Waals surface area contributed by atoms with Crippen molar-refractivity contribution in [3.63, 3.8) is 0 Å². The Hall–Kier alpha value is -4.20. The number of carbonyl (C=O) groups excluding carboxylic acids is 2. The highest BCUT2D eigenvalue weighted by Crippen LogP contribution is 2.44. The Balaban J connectivity index is 2.03. The summed E-state index contributed by atoms with van der Waals surface area (Å²) in [4.78, 5) is 25.7. The predicted octanol–water partition coefficient (Wildman–Crippen LogP) is 6.74. The number of rotatable bonds is 10. The second kappa shape index (κ2) is 12.6. The fourth-order valence-electron chi connectivity index (χ4n) is 4.11. The Labute approximate surface area is 227 Å². The van der Waals surface area contributed by atoms with E-state index in [1.165, 1.54) is 33.5 Å². The molecule has 0 aliphatic heterocycles. The third-order valence-corrected chi connectivity index (χ3v) is 5.75. The van der Waals surface area contributed by atoms with Crippen molar-refractivity contribution in [3.05, 3.63) is 89.0 Å². The average molecular weight is 539 g/mol. The second-order valence-corrected chi connectivity index (χ2v) is 9.70. The molecular weight excluding hydrogens is 506 g/mol. The lowest BCUT2D eigenvalue weighted by atomic mass is 9.93. The number of allylic oxidation sites excluding steroid dienone is 1. The van der Waals surface area contributed by atoms with E-state index in [2.05, 4.69) is 0 Å². The zero-order chi connectivity index (χ0) is 28.7. The SMILES string of the molecule is COc1ccc(-c2cccc(C/C(=C/CC(=O)OC(C)(C)C)C(=O)c3c(F)cccc3F)c2)c(OC)c1OC. The Bertz CT molecular complexity index is 1370. The van der Waals surface area contributed by atoms with Crippen LogP contribution < -0.4 is 14.2 Å². The molecule has 3 aromatic rings. The Morgan fingerprint density at radius 2 is 1.49 bits per heavy atom. The van der Waals surface area contributed by atoms with Crippen LogP contribution in [0.25, 0.3) is 11.1 Å². The number of carbonyl (C=O) groups is 2. The molecule has 0 unspecified atom stereocenters. The van der Waals surface area contributed by atoms with Crippen LogP contribution in [0.4, 0.5) is 8.78 Å². The number of halogens is 2. The van der Waals surface area contributed by atoms with E-state index >= 15 is 0 Å². The van der Waals surface area contributed by atoms with E-state index in [4.69, 9.17) is 18.9 Å². The van der Waals surface area contributed by atoms with Crippen molar-refractivity contribution in [2.45, 2.75) is 39.2 Å². The molecule has 0 saturated heterocycles. The van der Waals surface area contributed by atoms with Crippen molar-refractivity contribution in [2.24, 2.45) is 0 Å². The molecule has 0 bridgehead atoms. The summed E-state index contributed by atoms with van der Waals surface area (Å²) in [6.07, 6.45) is 1.14. The quantitative estimate of drug-likeness (QED) is 0.162. The van der Waals surface area contributed by atoms with Crippen molar-refractivity contribution in [1.82, 2.24) is 0 Å². The molecule has 3 aromatic carbocycles. The molecule has 0 radical (unpaired) electrons. The maximum absolute atomic E-state index is 14.5. The fourth-order valence-corrected chi connectivity index (χ4v) is 4.11. The van der Waals surface area contributed by atoms with Gasteiger partial charge in [0, 0.05) is 17.6 Å². The van der Waals surface area contributed by atoms with Crippen LogP contribution in [0, 0.1) is 11.6 Å². The minimum absolute atomic E-state index is 0.0127. The van der Waals surface area contributed by atoms with Crippen LogP contribution in [0.1, 0.15) is 43.1 Å². The Morgan fingerprint density at radius 1 is 0.846 bits per heavy atom. The van der Waals surface area contributed by atoms with Gasteiger partial charge in [0.05, 0.1) is 33.3 Å². The van der Waals surface area contributed by atoms with E-state index in [9.17, 15) is 18.4 Å². The molecule has 0 heterocycles. The highest BCUT2D eigenvalue weighted by Gasteiger charge is 2.23. The molecule has 0 N–H and O–H groups in total. The zero-order valence-electron chi connectivity index (χ0n) is 22.9. The Kier molecular flexibility index (Phi) is 9.46. The third kappa shape index (κ3) is 7.22. The van der Waals surface area contributed by atoms with Crippen LogP contribution in [-0.2, 0) is 16.0 Å². The molecule has 0 saturated carbocycles. The number of esters is 1. The molecule has 0 atom stereocenters. The van der Waals surface area contributed by atoms with E-state index in [-0.39, 0.29) is 18.4 Å². The summed E-state index contributed by atoms with van der Waals surface area (Å²) >= 11 is 0. The van der Waals surface area contributed by atoms with E-state index in [0.29, 0.717) is 28.4 Å². The molecule has 0 spiro atoms. The molecule has 0 amide bonds. The smallest absolute Gasteiger partial charge is 0.310 e. The van der Waals surface area contributed by atoms with Gasteiger partial charge < -0.3 is 18.9 Å². The van der Waals surface area contributed by atoms with E-state index in [1.54, 1.807) is 39.0 Å². The normalized spacial score (nSPS) is 11.6. The number of ketones is 1. The monoisotopic (exact) mass is 538 g/mol. The molecule has 3 rings (SSSR count). The van der Waals surface area contributed by atoms with Gasteiger partial charge in [-0.15, -0.1) is 0 Å². The average Bonchev–Trinajstić information content (AvgIpc) is 2.88. The van der Waals surface area contributed by atoms with Gasteiger partial charge in [0.1, 0.15) is 17.2 Å². The lowest BCUT2D eigenvalue weighted by Gasteiger charge is -2.19. The van der Waals surface area contributed by atoms with Gasteiger partial charge in [-0.25, -0.2) is 8.78 Å². The molecule has 39 heavy (non-hydrogen) atoms. The first-order chi connectivity index (χ1) is 18.5. The molecular formula is C31H32F2O6. The summed E-state index contributed by atoms with van der Waals surface area (Å²) in [5.41, 5.74) is 0.792. The van der Waals surface area contributed by atoms with E-state index in [0.717, 1.165) is 17.7 Å². The van der Waals surface area contributed by atoms with Crippen LogP contribution in [0.2, 0.25) is 0 Å². The maximum atomic E-state index is 14.5. The lowest BCUT2D eigenvalue weighted by molar-refractivity contribution is -0.153. The number of hydrogen-bond acceptors (Lipinski definition) is 6. The second-order valence-electron chi connectivity index (χ2n) is 9.70. The van der Waals surface area contributed by atoms with Crippen molar-refractivity contribution in [1.29, 1.82) is 0 Å². The summed E-state index contributed by atoms with van der Waals surface area (Å²) in [7, 11) is 4.55. The summed E-state index contributed by atoms with van der Waals surface area (Å²) in [6.45, 7) is 5.18. The van der Waals surface area contributed by atoms with Crippen LogP contribution in [0.15, 0.2) is 66.2 Å². The molecule has 0 aromatic heterocycles. The van der Waals surface area contributed by atoms with E-state index < -0.39 is 34.6 Å². The number of hydrogen-bond donors (Lipinski definition) is 0. The van der Waals surface area contributed by atoms with Crippen molar-refractivity contribution in [3.8, 4) is 28.4 Å². The summed E-state index contributed by atoms with van der Waals surface area (Å²) in [5.74, 6) is -1.99. The van der Waals surface area contributed by atoms with Gasteiger partial charge in [-0.2, -0.15) is 0 Å². The molecule has 0 aliphatic carbocycles. The van der Waals surface area contributed by atoms with Crippen molar-refractivity contribution >= 4 is 11.8 Å². The van der Waals surface area contributed by atoms with Crippen LogP contribution >= 0.6 is 0 Å².